The largest absolute Gasteiger partial charge is 0.492 e. The second-order valence-electron chi connectivity index (χ2n) is 22.6. The van der Waals surface area contributed by atoms with E-state index in [-0.39, 0.29) is 53.0 Å². The Morgan fingerprint density at radius 1 is 0.593 bits per heavy atom. The average Bonchev–Trinajstić information content (AvgIpc) is 1.62. The molecule has 86 heavy (non-hydrogen) atoms. The monoisotopic (exact) mass is 1260 g/mol. The number of nitrogens with one attached hydrogen (secondary N) is 2. The van der Waals surface area contributed by atoms with Crippen molar-refractivity contribution in [3.63, 3.8) is 0 Å². The number of ether oxygens (including phenoxy) is 2. The highest BCUT2D eigenvalue weighted by atomic mass is 35.5. The number of amides is 2. The van der Waals surface area contributed by atoms with Gasteiger partial charge in [0.2, 0.25) is 0 Å². The van der Waals surface area contributed by atoms with Crippen LogP contribution in [0, 0.1) is 13.8 Å². The van der Waals surface area contributed by atoms with E-state index in [4.69, 9.17) is 37.7 Å². The lowest BCUT2D eigenvalue weighted by Gasteiger charge is -2.33. The standard InChI is InChI=1S/C34H42ClN3O4.C32H36ClF2N3O4.2ClH/c1-5-10-24-12-11-23(2)27(21-24)26-14-16-29(32(39)37-34(33(40)41)17-7-6-8-18-34)36-31(26)25-13-15-28(35)30(22-25)42-20-9-19-38(3)4;1-20-8-10-22(24(18-20)29(34)35)23-11-13-26(30(39)37-32(31(40)41)14-5-4-6-15-32)36-28(23)21-9-12-25(33)27(19-21)42-17-7-16-38(2)3;;/h11-16,21-22H,5-10,17-20H2,1-4H3,(H,37,39)(H,40,41);8-13,18-19,29H,4-7,14-17H2,1-3H3,(H,37,39)(H,40,41);2*1H. The number of nitrogens with zero attached hydrogens (tertiary/aromatic N) is 4. The van der Waals surface area contributed by atoms with Gasteiger partial charge in [-0.05, 0) is 164 Å². The molecule has 14 nitrogen and oxygen atoms in total. The number of carbonyl (C=O) groups is 4. The van der Waals surface area contributed by atoms with Crippen LogP contribution in [0.1, 0.15) is 140 Å². The number of aromatic nitrogens is 2. The summed E-state index contributed by atoms with van der Waals surface area (Å²) in [7, 11) is 7.98. The molecule has 2 aliphatic carbocycles. The van der Waals surface area contributed by atoms with Crippen LogP contribution in [-0.4, -0.2) is 119 Å². The predicted octanol–water partition coefficient (Wildman–Crippen LogP) is 15.2. The number of halogens is 6. The van der Waals surface area contributed by atoms with Gasteiger partial charge in [0.1, 0.15) is 34.0 Å². The van der Waals surface area contributed by atoms with Crippen molar-refractivity contribution >= 4 is 71.8 Å². The number of benzene rings is 4. The summed E-state index contributed by atoms with van der Waals surface area (Å²) in [6.45, 7) is 8.60. The molecule has 0 spiro atoms. The molecular weight excluding hydrogens is 1180 g/mol. The van der Waals surface area contributed by atoms with Crippen molar-refractivity contribution in [2.75, 3.05) is 54.5 Å². The molecule has 4 N–H and O–H groups in total. The lowest BCUT2D eigenvalue weighted by Crippen LogP contribution is -2.55. The fourth-order valence-electron chi connectivity index (χ4n) is 10.9. The van der Waals surface area contributed by atoms with Crippen LogP contribution in [0.15, 0.2) is 97.1 Å². The van der Waals surface area contributed by atoms with Gasteiger partial charge in [-0.3, -0.25) is 9.59 Å². The van der Waals surface area contributed by atoms with Crippen LogP contribution >= 0.6 is 48.0 Å². The molecule has 6 aromatic rings. The van der Waals surface area contributed by atoms with Crippen molar-refractivity contribution in [3.05, 3.63) is 141 Å². The van der Waals surface area contributed by atoms with Gasteiger partial charge in [-0.25, -0.2) is 28.3 Å². The zero-order valence-electron chi connectivity index (χ0n) is 50.0. The van der Waals surface area contributed by atoms with Gasteiger partial charge in [0.15, 0.2) is 0 Å². The van der Waals surface area contributed by atoms with Crippen molar-refractivity contribution in [2.45, 2.75) is 128 Å². The molecule has 8 rings (SSSR count). The second kappa shape index (κ2) is 32.5. The minimum absolute atomic E-state index is 0. The molecule has 0 saturated heterocycles. The van der Waals surface area contributed by atoms with E-state index in [2.05, 4.69) is 52.6 Å². The first kappa shape index (κ1) is 70.4. The summed E-state index contributed by atoms with van der Waals surface area (Å²) in [5.41, 5.74) is 5.12. The molecule has 464 valence electrons. The molecule has 2 fully saturated rings. The minimum Gasteiger partial charge on any atom is -0.492 e. The van der Waals surface area contributed by atoms with Crippen molar-refractivity contribution < 1.29 is 47.6 Å². The Hall–Kier alpha value is -6.40. The molecule has 20 heteroatoms. The van der Waals surface area contributed by atoms with Crippen molar-refractivity contribution in [3.8, 4) is 56.3 Å². The summed E-state index contributed by atoms with van der Waals surface area (Å²) in [6.07, 6.45) is 7.11. The molecule has 2 heterocycles. The molecule has 2 aromatic heterocycles. The summed E-state index contributed by atoms with van der Waals surface area (Å²) in [5, 5.41) is 26.4. The number of hydrogen-bond acceptors (Lipinski definition) is 10. The predicted molar refractivity (Wildman–Crippen MR) is 342 cm³/mol. The van der Waals surface area contributed by atoms with Crippen LogP contribution in [0.25, 0.3) is 44.8 Å². The SMILES string of the molecule is CCCc1ccc(C)c(-c2ccc(C(=O)NC3(C(=O)O)CCCCC3)nc2-c2ccc(Cl)c(OCCCN(C)C)c2)c1.Cc1ccc(-c2ccc(C(=O)NC3(C(=O)O)CCCCC3)nc2-c2ccc(Cl)c(OCCCN(C)C)c2)c(C(F)F)c1.Cl.Cl. The van der Waals surface area contributed by atoms with Gasteiger partial charge < -0.3 is 40.1 Å². The van der Waals surface area contributed by atoms with Crippen molar-refractivity contribution in [2.24, 2.45) is 0 Å². The maximum absolute atomic E-state index is 14.2. The van der Waals surface area contributed by atoms with Gasteiger partial charge in [0, 0.05) is 40.9 Å². The van der Waals surface area contributed by atoms with Crippen LogP contribution in [0.3, 0.4) is 0 Å². The van der Waals surface area contributed by atoms with E-state index in [0.717, 1.165) is 86.7 Å². The molecule has 2 saturated carbocycles. The molecule has 4 aromatic carbocycles. The molecule has 0 radical (unpaired) electrons. The number of carboxylic acids is 2. The van der Waals surface area contributed by atoms with E-state index in [9.17, 15) is 38.2 Å². The van der Waals surface area contributed by atoms with E-state index < -0.39 is 41.3 Å². The van der Waals surface area contributed by atoms with Gasteiger partial charge in [0.05, 0.1) is 34.6 Å². The number of carbonyl (C=O) groups excluding carboxylic acids is 2. The topological polar surface area (TPSA) is 184 Å². The summed E-state index contributed by atoms with van der Waals surface area (Å²) in [6, 6.07) is 28.4. The molecule has 0 atom stereocenters. The number of pyridine rings is 2. The van der Waals surface area contributed by atoms with Gasteiger partial charge >= 0.3 is 11.9 Å². The molecule has 0 bridgehead atoms. The van der Waals surface area contributed by atoms with E-state index in [1.54, 1.807) is 55.5 Å². The minimum atomic E-state index is -2.74. The first-order chi connectivity index (χ1) is 40.1. The Morgan fingerprint density at radius 2 is 1.03 bits per heavy atom. The van der Waals surface area contributed by atoms with Gasteiger partial charge in [-0.2, -0.15) is 0 Å². The first-order valence-corrected chi connectivity index (χ1v) is 29.7. The number of aliphatic carboxylic acids is 2. The first-order valence-electron chi connectivity index (χ1n) is 28.9. The number of carboxylic acid groups (broad SMARTS) is 2. The van der Waals surface area contributed by atoms with E-state index >= 15 is 0 Å². The van der Waals surface area contributed by atoms with Crippen LogP contribution in [0.4, 0.5) is 8.78 Å². The van der Waals surface area contributed by atoms with E-state index in [1.165, 1.54) is 17.7 Å². The van der Waals surface area contributed by atoms with Gasteiger partial charge in [-0.1, -0.05) is 123 Å². The van der Waals surface area contributed by atoms with Crippen molar-refractivity contribution in [1.29, 1.82) is 0 Å². The van der Waals surface area contributed by atoms with Crippen LogP contribution in [-0.2, 0) is 16.0 Å². The average molecular weight is 1270 g/mol. The normalized spacial score (nSPS) is 14.3. The Kier molecular flexibility index (Phi) is 26.6. The van der Waals surface area contributed by atoms with E-state index in [1.807, 2.05) is 51.3 Å². The van der Waals surface area contributed by atoms with Crippen LogP contribution in [0.2, 0.25) is 10.0 Å². The second-order valence-corrected chi connectivity index (χ2v) is 23.4. The Balaban J connectivity index is 0.000000307. The lowest BCUT2D eigenvalue weighted by molar-refractivity contribution is -0.146. The highest BCUT2D eigenvalue weighted by Gasteiger charge is 2.43. The quantitative estimate of drug-likeness (QED) is 0.0446. The zero-order chi connectivity index (χ0) is 60.7. The third-order valence-corrected chi connectivity index (χ3v) is 16.1. The Labute approximate surface area is 526 Å². The number of alkyl halides is 2. The summed E-state index contributed by atoms with van der Waals surface area (Å²) >= 11 is 12.9. The highest BCUT2D eigenvalue weighted by Crippen LogP contribution is 2.41. The molecule has 0 unspecified atom stereocenters. The molecule has 0 aliphatic heterocycles. The fraction of sp³-hybridized carbons (Fsp3) is 0.424. The summed E-state index contributed by atoms with van der Waals surface area (Å²) < 4.78 is 40.4. The van der Waals surface area contributed by atoms with Crippen molar-refractivity contribution in [1.82, 2.24) is 30.4 Å². The molecular formula is C66H80Cl4F2N6O8. The smallest absolute Gasteiger partial charge is 0.329 e. The third kappa shape index (κ3) is 18.1. The van der Waals surface area contributed by atoms with Gasteiger partial charge in [-0.15, -0.1) is 24.8 Å². The van der Waals surface area contributed by atoms with E-state index in [0.29, 0.717) is 95.7 Å². The number of hydrogen-bond donors (Lipinski definition) is 4. The Bertz CT molecular complexity index is 3300. The summed E-state index contributed by atoms with van der Waals surface area (Å²) in [5.74, 6) is -2.25. The maximum Gasteiger partial charge on any atom is 0.329 e. The number of aryl methyl sites for hydroxylation is 3. The molecule has 2 amide bonds. The highest BCUT2D eigenvalue weighted by molar-refractivity contribution is 6.32. The third-order valence-electron chi connectivity index (χ3n) is 15.5. The van der Waals surface area contributed by atoms with Gasteiger partial charge in [0.25, 0.3) is 18.2 Å². The Morgan fingerprint density at radius 3 is 1.45 bits per heavy atom. The van der Waals surface area contributed by atoms with Crippen LogP contribution in [0.5, 0.6) is 11.5 Å². The van der Waals surface area contributed by atoms with Crippen LogP contribution < -0.4 is 20.1 Å². The summed E-state index contributed by atoms with van der Waals surface area (Å²) in [4.78, 5) is 65.0. The maximum atomic E-state index is 14.2. The fourth-order valence-corrected chi connectivity index (χ4v) is 11.2. The number of rotatable bonds is 23. The molecule has 2 aliphatic rings. The zero-order valence-corrected chi connectivity index (χ0v) is 53.1. The lowest BCUT2D eigenvalue weighted by atomic mass is 9.81.